The molecular weight excluding hydrogens is 196 g/mol. The van der Waals surface area contributed by atoms with Crippen LogP contribution in [0, 0.1) is 0 Å². The Morgan fingerprint density at radius 1 is 1.50 bits per heavy atom. The number of ether oxygens (including phenoxy) is 1. The zero-order chi connectivity index (χ0) is 10.8. The van der Waals surface area contributed by atoms with E-state index >= 15 is 0 Å². The SMILES string of the molecule is CCOC(=O)C1(C)CC(C)=C(C)CS1. The Morgan fingerprint density at radius 3 is 2.64 bits per heavy atom. The normalized spacial score (nSPS) is 27.7. The van der Waals surface area contributed by atoms with Gasteiger partial charge >= 0.3 is 5.97 Å². The molecule has 1 aliphatic rings. The quantitative estimate of drug-likeness (QED) is 0.522. The van der Waals surface area contributed by atoms with Crippen LogP contribution in [0.2, 0.25) is 0 Å². The van der Waals surface area contributed by atoms with E-state index in [1.165, 1.54) is 11.1 Å². The number of hydrogen-bond donors (Lipinski definition) is 0. The van der Waals surface area contributed by atoms with Crippen LogP contribution in [0.4, 0.5) is 0 Å². The molecule has 0 N–H and O–H groups in total. The standard InChI is InChI=1S/C11H18O2S/c1-5-13-10(12)11(4)6-8(2)9(3)7-14-11/h5-7H2,1-4H3. The highest BCUT2D eigenvalue weighted by atomic mass is 32.2. The van der Waals surface area contributed by atoms with Crippen LogP contribution in [0.5, 0.6) is 0 Å². The van der Waals surface area contributed by atoms with Crippen LogP contribution in [0.15, 0.2) is 11.1 Å². The Labute approximate surface area is 90.1 Å². The summed E-state index contributed by atoms with van der Waals surface area (Å²) in [6, 6.07) is 0. The fraction of sp³-hybridized carbons (Fsp3) is 0.727. The zero-order valence-corrected chi connectivity index (χ0v) is 10.2. The molecule has 0 aliphatic carbocycles. The van der Waals surface area contributed by atoms with Crippen molar-refractivity contribution in [1.29, 1.82) is 0 Å². The van der Waals surface area contributed by atoms with Gasteiger partial charge in [-0.05, 0) is 34.1 Å². The maximum Gasteiger partial charge on any atom is 0.322 e. The summed E-state index contributed by atoms with van der Waals surface area (Å²) in [5.41, 5.74) is 2.73. The molecule has 0 bridgehead atoms. The highest BCUT2D eigenvalue weighted by Crippen LogP contribution is 2.39. The molecule has 3 heteroatoms. The molecule has 14 heavy (non-hydrogen) atoms. The van der Waals surface area contributed by atoms with Crippen molar-refractivity contribution in [3.8, 4) is 0 Å². The molecule has 0 fully saturated rings. The van der Waals surface area contributed by atoms with Gasteiger partial charge in [0.1, 0.15) is 4.75 Å². The Balaban J connectivity index is 2.74. The molecule has 1 aliphatic heterocycles. The molecule has 0 amide bonds. The molecule has 0 radical (unpaired) electrons. The van der Waals surface area contributed by atoms with Gasteiger partial charge in [0, 0.05) is 5.75 Å². The van der Waals surface area contributed by atoms with Crippen molar-refractivity contribution in [2.24, 2.45) is 0 Å². The number of carbonyl (C=O) groups excluding carboxylic acids is 1. The van der Waals surface area contributed by atoms with Crippen molar-refractivity contribution in [2.45, 2.75) is 38.9 Å². The summed E-state index contributed by atoms with van der Waals surface area (Å²) in [4.78, 5) is 11.7. The molecule has 0 aromatic heterocycles. The fourth-order valence-electron chi connectivity index (χ4n) is 1.51. The van der Waals surface area contributed by atoms with Gasteiger partial charge in [0.15, 0.2) is 0 Å². The first kappa shape index (κ1) is 11.6. The average molecular weight is 214 g/mol. The summed E-state index contributed by atoms with van der Waals surface area (Å²) in [5.74, 6) is 0.873. The molecular formula is C11H18O2S. The Hall–Kier alpha value is -0.440. The van der Waals surface area contributed by atoms with Gasteiger partial charge in [0.05, 0.1) is 6.61 Å². The summed E-state index contributed by atoms with van der Waals surface area (Å²) in [5, 5.41) is 0. The van der Waals surface area contributed by atoms with Crippen molar-refractivity contribution in [2.75, 3.05) is 12.4 Å². The van der Waals surface area contributed by atoms with Crippen molar-refractivity contribution in [1.82, 2.24) is 0 Å². The van der Waals surface area contributed by atoms with Gasteiger partial charge in [-0.2, -0.15) is 0 Å². The number of carbonyl (C=O) groups is 1. The van der Waals surface area contributed by atoms with Crippen molar-refractivity contribution < 1.29 is 9.53 Å². The van der Waals surface area contributed by atoms with E-state index in [2.05, 4.69) is 13.8 Å². The van der Waals surface area contributed by atoms with E-state index in [0.29, 0.717) is 6.61 Å². The largest absolute Gasteiger partial charge is 0.465 e. The lowest BCUT2D eigenvalue weighted by Gasteiger charge is -2.31. The van der Waals surface area contributed by atoms with Crippen LogP contribution >= 0.6 is 11.8 Å². The van der Waals surface area contributed by atoms with E-state index in [9.17, 15) is 4.79 Å². The van der Waals surface area contributed by atoms with E-state index in [1.807, 2.05) is 13.8 Å². The van der Waals surface area contributed by atoms with Crippen molar-refractivity contribution in [3.05, 3.63) is 11.1 Å². The second-order valence-corrected chi connectivity index (χ2v) is 5.46. The van der Waals surface area contributed by atoms with Gasteiger partial charge in [-0.25, -0.2) is 0 Å². The minimum atomic E-state index is -0.362. The summed E-state index contributed by atoms with van der Waals surface area (Å²) in [7, 11) is 0. The van der Waals surface area contributed by atoms with E-state index in [-0.39, 0.29) is 10.7 Å². The summed E-state index contributed by atoms with van der Waals surface area (Å²) >= 11 is 1.69. The highest BCUT2D eigenvalue weighted by Gasteiger charge is 2.38. The van der Waals surface area contributed by atoms with Crippen molar-refractivity contribution >= 4 is 17.7 Å². The third kappa shape index (κ3) is 2.32. The van der Waals surface area contributed by atoms with Gasteiger partial charge in [-0.15, -0.1) is 11.8 Å². The molecule has 0 aromatic rings. The lowest BCUT2D eigenvalue weighted by molar-refractivity contribution is -0.145. The molecule has 0 saturated heterocycles. The lowest BCUT2D eigenvalue weighted by atomic mass is 9.97. The molecule has 0 saturated carbocycles. The number of thioether (sulfide) groups is 1. The summed E-state index contributed by atoms with van der Waals surface area (Å²) in [6.45, 7) is 8.53. The zero-order valence-electron chi connectivity index (χ0n) is 9.35. The number of esters is 1. The number of allylic oxidation sites excluding steroid dienone is 1. The average Bonchev–Trinajstić information content (AvgIpc) is 2.13. The van der Waals surface area contributed by atoms with E-state index in [1.54, 1.807) is 11.8 Å². The monoisotopic (exact) mass is 214 g/mol. The van der Waals surface area contributed by atoms with Crippen LogP contribution in [-0.4, -0.2) is 23.1 Å². The minimum absolute atomic E-state index is 0.0724. The van der Waals surface area contributed by atoms with Crippen LogP contribution in [0.1, 0.15) is 34.1 Å². The number of rotatable bonds is 2. The van der Waals surface area contributed by atoms with Crippen LogP contribution < -0.4 is 0 Å². The first-order valence-corrected chi connectivity index (χ1v) is 5.94. The molecule has 1 unspecified atom stereocenters. The molecule has 1 heterocycles. The minimum Gasteiger partial charge on any atom is -0.465 e. The van der Waals surface area contributed by atoms with Gasteiger partial charge < -0.3 is 4.74 Å². The number of hydrogen-bond acceptors (Lipinski definition) is 3. The van der Waals surface area contributed by atoms with Crippen LogP contribution in [-0.2, 0) is 9.53 Å². The third-order valence-corrected chi connectivity index (χ3v) is 4.17. The summed E-state index contributed by atoms with van der Waals surface area (Å²) in [6.07, 6.45) is 0.822. The second-order valence-electron chi connectivity index (χ2n) is 3.98. The fourth-order valence-corrected chi connectivity index (χ4v) is 2.79. The maximum atomic E-state index is 11.7. The van der Waals surface area contributed by atoms with E-state index < -0.39 is 0 Å². The molecule has 2 nitrogen and oxygen atoms in total. The Bertz CT molecular complexity index is 270. The molecule has 0 spiro atoms. The Kier molecular flexibility index (Phi) is 3.65. The molecule has 1 rings (SSSR count). The van der Waals surface area contributed by atoms with Crippen LogP contribution in [0.3, 0.4) is 0 Å². The summed E-state index contributed by atoms with van der Waals surface area (Å²) < 4.78 is 4.72. The topological polar surface area (TPSA) is 26.3 Å². The van der Waals surface area contributed by atoms with Gasteiger partial charge in [-0.1, -0.05) is 11.1 Å². The predicted octanol–water partition coefficient (Wildman–Crippen LogP) is 2.78. The third-order valence-electron chi connectivity index (χ3n) is 2.65. The molecule has 0 aromatic carbocycles. The van der Waals surface area contributed by atoms with E-state index in [4.69, 9.17) is 4.74 Å². The first-order valence-electron chi connectivity index (χ1n) is 4.96. The van der Waals surface area contributed by atoms with Gasteiger partial charge in [0.2, 0.25) is 0 Å². The molecule has 1 atom stereocenters. The predicted molar refractivity (Wildman–Crippen MR) is 60.5 cm³/mol. The lowest BCUT2D eigenvalue weighted by Crippen LogP contribution is -2.36. The highest BCUT2D eigenvalue weighted by molar-refractivity contribution is 8.01. The smallest absolute Gasteiger partial charge is 0.322 e. The second kappa shape index (κ2) is 4.39. The van der Waals surface area contributed by atoms with Gasteiger partial charge in [0.25, 0.3) is 0 Å². The van der Waals surface area contributed by atoms with E-state index in [0.717, 1.165) is 12.2 Å². The first-order chi connectivity index (χ1) is 6.49. The van der Waals surface area contributed by atoms with Crippen LogP contribution in [0.25, 0.3) is 0 Å². The Morgan fingerprint density at radius 2 is 2.14 bits per heavy atom. The maximum absolute atomic E-state index is 11.7. The van der Waals surface area contributed by atoms with Gasteiger partial charge in [-0.3, -0.25) is 4.79 Å². The molecule has 80 valence electrons. The van der Waals surface area contributed by atoms with Crippen molar-refractivity contribution in [3.63, 3.8) is 0 Å².